The molecule has 1 fully saturated rings. The van der Waals surface area contributed by atoms with Gasteiger partial charge in [0.05, 0.1) is 11.9 Å². The lowest BCUT2D eigenvalue weighted by Crippen LogP contribution is -2.33. The monoisotopic (exact) mass is 264 g/mol. The van der Waals surface area contributed by atoms with Crippen LogP contribution in [0, 0.1) is 0 Å². The van der Waals surface area contributed by atoms with Crippen molar-refractivity contribution in [2.45, 2.75) is 32.8 Å². The summed E-state index contributed by atoms with van der Waals surface area (Å²) in [6, 6.07) is 0. The highest BCUT2D eigenvalue weighted by Crippen LogP contribution is 2.11. The molecule has 0 spiro atoms. The number of nitrogens with zero attached hydrogens (tertiary/aromatic N) is 1. The molecule has 1 aliphatic rings. The van der Waals surface area contributed by atoms with Crippen LogP contribution < -0.4 is 5.32 Å². The molecule has 0 radical (unpaired) electrons. The van der Waals surface area contributed by atoms with Crippen molar-refractivity contribution in [1.29, 1.82) is 0 Å². The van der Waals surface area contributed by atoms with E-state index in [4.69, 9.17) is 4.74 Å². The number of nitrogens with one attached hydrogen (secondary N) is 1. The van der Waals surface area contributed by atoms with Gasteiger partial charge in [-0.2, -0.15) is 0 Å². The highest BCUT2D eigenvalue weighted by Gasteiger charge is 2.27. The minimum atomic E-state index is -2.93. The van der Waals surface area contributed by atoms with Crippen molar-refractivity contribution < 1.29 is 13.2 Å². The lowest BCUT2D eigenvalue weighted by Gasteiger charge is -2.14. The molecule has 0 aromatic carbocycles. The molecule has 1 rings (SSSR count). The lowest BCUT2D eigenvalue weighted by atomic mass is 10.4. The van der Waals surface area contributed by atoms with Crippen LogP contribution in [-0.2, 0) is 14.8 Å². The Hall–Kier alpha value is -0.170. The molecule has 1 N–H and O–H groups in total. The number of ether oxygens (including phenoxy) is 1. The van der Waals surface area contributed by atoms with Gasteiger partial charge in [0.25, 0.3) is 0 Å². The molecular formula is C11H24N2O3S. The number of hydrogen-bond donors (Lipinski definition) is 1. The lowest BCUT2D eigenvalue weighted by molar-refractivity contribution is 0.0771. The SMILES string of the molecule is CC(C)OCCCNCCN1CCCS1(=O)=O. The predicted molar refractivity (Wildman–Crippen MR) is 68.6 cm³/mol. The molecule has 1 heterocycles. The van der Waals surface area contributed by atoms with Crippen LogP contribution in [0.1, 0.15) is 26.7 Å². The summed E-state index contributed by atoms with van der Waals surface area (Å²) in [5, 5.41) is 3.24. The molecule has 17 heavy (non-hydrogen) atoms. The Bertz CT molecular complexity index is 304. The Morgan fingerprint density at radius 1 is 1.35 bits per heavy atom. The molecule has 6 heteroatoms. The largest absolute Gasteiger partial charge is 0.379 e. The van der Waals surface area contributed by atoms with Crippen molar-refractivity contribution in [1.82, 2.24) is 9.62 Å². The van der Waals surface area contributed by atoms with Gasteiger partial charge in [0.15, 0.2) is 0 Å². The van der Waals surface area contributed by atoms with E-state index < -0.39 is 10.0 Å². The van der Waals surface area contributed by atoms with Gasteiger partial charge >= 0.3 is 0 Å². The Morgan fingerprint density at radius 3 is 2.71 bits per heavy atom. The van der Waals surface area contributed by atoms with Crippen LogP contribution in [0.15, 0.2) is 0 Å². The summed E-state index contributed by atoms with van der Waals surface area (Å²) in [5.74, 6) is 0.315. The maximum atomic E-state index is 11.5. The first-order chi connectivity index (χ1) is 8.02. The predicted octanol–water partition coefficient (Wildman–Crippen LogP) is 0.427. The quantitative estimate of drug-likeness (QED) is 0.646. The maximum Gasteiger partial charge on any atom is 0.214 e. The molecule has 0 unspecified atom stereocenters. The highest BCUT2D eigenvalue weighted by molar-refractivity contribution is 7.89. The van der Waals surface area contributed by atoms with Gasteiger partial charge in [-0.05, 0) is 33.2 Å². The zero-order valence-corrected chi connectivity index (χ0v) is 11.6. The van der Waals surface area contributed by atoms with E-state index in [1.165, 1.54) is 0 Å². The van der Waals surface area contributed by atoms with E-state index in [0.717, 1.165) is 32.5 Å². The van der Waals surface area contributed by atoms with Crippen LogP contribution in [0.3, 0.4) is 0 Å². The zero-order valence-electron chi connectivity index (χ0n) is 10.8. The standard InChI is InChI=1S/C11H24N2O3S/c1-11(2)16-9-3-5-12-6-8-13-7-4-10-17(13,14)15/h11-12H,3-10H2,1-2H3. The minimum Gasteiger partial charge on any atom is -0.379 e. The van der Waals surface area contributed by atoms with Gasteiger partial charge in [-0.15, -0.1) is 0 Å². The molecule has 0 aliphatic carbocycles. The smallest absolute Gasteiger partial charge is 0.214 e. The second-order valence-corrected chi connectivity index (χ2v) is 6.68. The van der Waals surface area contributed by atoms with Crippen LogP contribution in [0.5, 0.6) is 0 Å². The van der Waals surface area contributed by atoms with Crippen LogP contribution in [0.4, 0.5) is 0 Å². The maximum absolute atomic E-state index is 11.5. The summed E-state index contributed by atoms with van der Waals surface area (Å²) in [4.78, 5) is 0. The van der Waals surface area contributed by atoms with Gasteiger partial charge in [-0.25, -0.2) is 12.7 Å². The van der Waals surface area contributed by atoms with E-state index in [1.807, 2.05) is 13.8 Å². The van der Waals surface area contributed by atoms with Crippen LogP contribution >= 0.6 is 0 Å². The first-order valence-corrected chi connectivity index (χ1v) is 7.93. The topological polar surface area (TPSA) is 58.6 Å². The van der Waals surface area contributed by atoms with Gasteiger partial charge in [-0.1, -0.05) is 0 Å². The van der Waals surface area contributed by atoms with Crippen molar-refractivity contribution in [3.8, 4) is 0 Å². The van der Waals surface area contributed by atoms with Gasteiger partial charge in [0.1, 0.15) is 0 Å². The van der Waals surface area contributed by atoms with E-state index in [0.29, 0.717) is 18.8 Å². The average Bonchev–Trinajstić information content (AvgIpc) is 2.56. The van der Waals surface area contributed by atoms with Crippen molar-refractivity contribution in [2.24, 2.45) is 0 Å². The zero-order chi connectivity index (χ0) is 12.7. The van der Waals surface area contributed by atoms with Crippen LogP contribution in [-0.4, -0.2) is 57.4 Å². The average molecular weight is 264 g/mol. The number of sulfonamides is 1. The fraction of sp³-hybridized carbons (Fsp3) is 1.00. The molecule has 1 aliphatic heterocycles. The Morgan fingerprint density at radius 2 is 2.12 bits per heavy atom. The molecule has 102 valence electrons. The van der Waals surface area contributed by atoms with Crippen LogP contribution in [0.25, 0.3) is 0 Å². The Balaban J connectivity index is 1.98. The second kappa shape index (κ2) is 7.31. The normalized spacial score (nSPS) is 20.2. The van der Waals surface area contributed by atoms with Crippen molar-refractivity contribution in [3.05, 3.63) is 0 Å². The molecule has 0 amide bonds. The molecule has 1 saturated heterocycles. The van der Waals surface area contributed by atoms with Gasteiger partial charge in [0.2, 0.25) is 10.0 Å². The van der Waals surface area contributed by atoms with Crippen molar-refractivity contribution in [3.63, 3.8) is 0 Å². The van der Waals surface area contributed by atoms with E-state index in [-0.39, 0.29) is 6.10 Å². The summed E-state index contributed by atoms with van der Waals surface area (Å²) < 4.78 is 29.9. The number of rotatable bonds is 8. The van der Waals surface area contributed by atoms with E-state index in [2.05, 4.69) is 5.32 Å². The fourth-order valence-electron chi connectivity index (χ4n) is 1.79. The first-order valence-electron chi connectivity index (χ1n) is 6.32. The van der Waals surface area contributed by atoms with Gasteiger partial charge < -0.3 is 10.1 Å². The van der Waals surface area contributed by atoms with E-state index in [1.54, 1.807) is 4.31 Å². The summed E-state index contributed by atoms with van der Waals surface area (Å²) in [6.07, 6.45) is 2.01. The molecule has 0 atom stereocenters. The third kappa shape index (κ3) is 5.81. The van der Waals surface area contributed by atoms with Crippen molar-refractivity contribution >= 4 is 10.0 Å². The van der Waals surface area contributed by atoms with Gasteiger partial charge in [-0.3, -0.25) is 0 Å². The van der Waals surface area contributed by atoms with E-state index >= 15 is 0 Å². The summed E-state index contributed by atoms with van der Waals surface area (Å²) >= 11 is 0. The molecule has 0 saturated carbocycles. The molecule has 0 bridgehead atoms. The van der Waals surface area contributed by atoms with Crippen LogP contribution in [0.2, 0.25) is 0 Å². The number of hydrogen-bond acceptors (Lipinski definition) is 4. The third-order valence-corrected chi connectivity index (χ3v) is 4.65. The fourth-order valence-corrected chi connectivity index (χ4v) is 3.32. The van der Waals surface area contributed by atoms with Gasteiger partial charge in [0, 0.05) is 26.2 Å². The summed E-state index contributed by atoms with van der Waals surface area (Å²) in [7, 11) is -2.93. The Labute approximate surface area is 105 Å². The Kier molecular flexibility index (Phi) is 6.40. The second-order valence-electron chi connectivity index (χ2n) is 4.59. The van der Waals surface area contributed by atoms with Crippen molar-refractivity contribution in [2.75, 3.05) is 38.5 Å². The molecule has 5 nitrogen and oxygen atoms in total. The summed E-state index contributed by atoms with van der Waals surface area (Å²) in [6.45, 7) is 7.67. The minimum absolute atomic E-state index is 0.282. The summed E-state index contributed by atoms with van der Waals surface area (Å²) in [5.41, 5.74) is 0. The molecule has 0 aromatic rings. The third-order valence-electron chi connectivity index (χ3n) is 2.69. The first kappa shape index (κ1) is 14.9. The molecular weight excluding hydrogens is 240 g/mol. The van der Waals surface area contributed by atoms with E-state index in [9.17, 15) is 8.42 Å². The molecule has 0 aromatic heterocycles. The highest BCUT2D eigenvalue weighted by atomic mass is 32.2.